The SMILES string of the molecule is CCOC(=O)C(O)/C(C)=C(\O)c1ccc(OCc2ccccc2)cc1. The standard InChI is InChI=1S/C20H22O5/c1-3-24-20(23)19(22)14(2)18(21)16-9-11-17(12-10-16)25-13-15-7-5-4-6-8-15/h4-12,19,21-22H,3,13H2,1-2H3/b18-14-. The van der Waals surface area contributed by atoms with E-state index < -0.39 is 12.1 Å². The molecule has 1 unspecified atom stereocenters. The summed E-state index contributed by atoms with van der Waals surface area (Å²) < 4.78 is 10.4. The first kappa shape index (κ1) is 18.5. The molecule has 0 amide bonds. The minimum absolute atomic E-state index is 0.136. The quantitative estimate of drug-likeness (QED) is 0.595. The predicted octanol–water partition coefficient (Wildman–Crippen LogP) is 3.48. The zero-order valence-electron chi connectivity index (χ0n) is 14.3. The molecule has 0 aromatic heterocycles. The van der Waals surface area contributed by atoms with Gasteiger partial charge in [-0.3, -0.25) is 0 Å². The smallest absolute Gasteiger partial charge is 0.339 e. The number of aliphatic hydroxyl groups excluding tert-OH is 2. The number of ether oxygens (including phenoxy) is 2. The molecule has 0 spiro atoms. The van der Waals surface area contributed by atoms with Crippen LogP contribution in [-0.2, 0) is 16.1 Å². The summed E-state index contributed by atoms with van der Waals surface area (Å²) in [4.78, 5) is 11.6. The van der Waals surface area contributed by atoms with Crippen molar-refractivity contribution in [2.45, 2.75) is 26.6 Å². The highest BCUT2D eigenvalue weighted by Crippen LogP contribution is 2.22. The van der Waals surface area contributed by atoms with Gasteiger partial charge in [-0.15, -0.1) is 0 Å². The number of carbonyl (C=O) groups is 1. The molecule has 1 atom stereocenters. The highest BCUT2D eigenvalue weighted by molar-refractivity contribution is 5.81. The molecule has 0 saturated heterocycles. The van der Waals surface area contributed by atoms with Crippen molar-refractivity contribution in [3.05, 3.63) is 71.3 Å². The van der Waals surface area contributed by atoms with Crippen molar-refractivity contribution < 1.29 is 24.5 Å². The van der Waals surface area contributed by atoms with Crippen LogP contribution in [0.25, 0.3) is 5.76 Å². The molecule has 0 heterocycles. The second kappa shape index (κ2) is 8.89. The van der Waals surface area contributed by atoms with E-state index in [9.17, 15) is 15.0 Å². The van der Waals surface area contributed by atoms with E-state index in [2.05, 4.69) is 0 Å². The Kier molecular flexibility index (Phi) is 6.60. The number of rotatable bonds is 7. The Morgan fingerprint density at radius 1 is 1.08 bits per heavy atom. The highest BCUT2D eigenvalue weighted by Gasteiger charge is 2.21. The molecule has 5 heteroatoms. The van der Waals surface area contributed by atoms with Crippen LogP contribution >= 0.6 is 0 Å². The summed E-state index contributed by atoms with van der Waals surface area (Å²) in [5, 5.41) is 20.1. The summed E-state index contributed by atoms with van der Waals surface area (Å²) in [5.41, 5.74) is 1.67. The average molecular weight is 342 g/mol. The maximum atomic E-state index is 11.6. The third kappa shape index (κ3) is 5.09. The van der Waals surface area contributed by atoms with Gasteiger partial charge in [-0.25, -0.2) is 4.79 Å². The Morgan fingerprint density at radius 2 is 1.72 bits per heavy atom. The van der Waals surface area contributed by atoms with E-state index in [1.807, 2.05) is 30.3 Å². The van der Waals surface area contributed by atoms with Gasteiger partial charge in [0.1, 0.15) is 18.1 Å². The minimum atomic E-state index is -1.49. The fourth-order valence-electron chi connectivity index (χ4n) is 2.21. The van der Waals surface area contributed by atoms with Crippen LogP contribution in [0.2, 0.25) is 0 Å². The van der Waals surface area contributed by atoms with Crippen LogP contribution in [0.3, 0.4) is 0 Å². The lowest BCUT2D eigenvalue weighted by atomic mass is 10.1. The van der Waals surface area contributed by atoms with Gasteiger partial charge in [0.15, 0.2) is 6.10 Å². The third-order valence-corrected chi connectivity index (χ3v) is 3.67. The molecule has 0 aliphatic heterocycles. The van der Waals surface area contributed by atoms with Crippen LogP contribution in [-0.4, -0.2) is 28.9 Å². The highest BCUT2D eigenvalue weighted by atomic mass is 16.5. The molecule has 0 saturated carbocycles. The Bertz CT molecular complexity index is 720. The fraction of sp³-hybridized carbons (Fsp3) is 0.250. The summed E-state index contributed by atoms with van der Waals surface area (Å²) >= 11 is 0. The second-order valence-corrected chi connectivity index (χ2v) is 5.48. The molecular formula is C20H22O5. The maximum absolute atomic E-state index is 11.6. The molecule has 25 heavy (non-hydrogen) atoms. The van der Waals surface area contributed by atoms with Crippen molar-refractivity contribution in [3.63, 3.8) is 0 Å². The number of aliphatic hydroxyl groups is 2. The van der Waals surface area contributed by atoms with Gasteiger partial charge < -0.3 is 19.7 Å². The van der Waals surface area contributed by atoms with Gasteiger partial charge in [0.25, 0.3) is 0 Å². The van der Waals surface area contributed by atoms with Gasteiger partial charge in [0.2, 0.25) is 0 Å². The summed E-state index contributed by atoms with van der Waals surface area (Å²) in [6, 6.07) is 16.6. The van der Waals surface area contributed by atoms with Gasteiger partial charge in [-0.05, 0) is 43.7 Å². The van der Waals surface area contributed by atoms with Crippen molar-refractivity contribution in [2.75, 3.05) is 6.61 Å². The normalized spacial score (nSPS) is 12.9. The number of esters is 1. The second-order valence-electron chi connectivity index (χ2n) is 5.48. The number of hydrogen-bond acceptors (Lipinski definition) is 5. The Balaban J connectivity index is 2.05. The van der Waals surface area contributed by atoms with Crippen molar-refractivity contribution in [3.8, 4) is 5.75 Å². The molecule has 0 fully saturated rings. The Morgan fingerprint density at radius 3 is 2.32 bits per heavy atom. The van der Waals surface area contributed by atoms with Crippen molar-refractivity contribution in [2.24, 2.45) is 0 Å². The van der Waals surface area contributed by atoms with Gasteiger partial charge in [0, 0.05) is 11.1 Å². The lowest BCUT2D eigenvalue weighted by Crippen LogP contribution is -2.25. The van der Waals surface area contributed by atoms with E-state index >= 15 is 0 Å². The third-order valence-electron chi connectivity index (χ3n) is 3.67. The van der Waals surface area contributed by atoms with E-state index in [0.717, 1.165) is 5.56 Å². The number of benzene rings is 2. The first-order valence-corrected chi connectivity index (χ1v) is 8.04. The summed E-state index contributed by atoms with van der Waals surface area (Å²) in [6.45, 7) is 3.74. The average Bonchev–Trinajstić information content (AvgIpc) is 2.66. The molecule has 2 rings (SSSR count). The van der Waals surface area contributed by atoms with E-state index in [1.165, 1.54) is 6.92 Å². The lowest BCUT2D eigenvalue weighted by molar-refractivity contribution is -0.150. The number of hydrogen-bond donors (Lipinski definition) is 2. The van der Waals surface area contributed by atoms with E-state index in [0.29, 0.717) is 17.9 Å². The van der Waals surface area contributed by atoms with E-state index in [-0.39, 0.29) is 17.9 Å². The maximum Gasteiger partial charge on any atom is 0.339 e. The van der Waals surface area contributed by atoms with Gasteiger partial charge >= 0.3 is 5.97 Å². The van der Waals surface area contributed by atoms with Crippen molar-refractivity contribution in [1.29, 1.82) is 0 Å². The molecule has 2 N–H and O–H groups in total. The first-order valence-electron chi connectivity index (χ1n) is 8.04. The molecular weight excluding hydrogens is 320 g/mol. The van der Waals surface area contributed by atoms with Crippen molar-refractivity contribution >= 4 is 11.7 Å². The van der Waals surface area contributed by atoms with Crippen LogP contribution in [0.1, 0.15) is 25.0 Å². The van der Waals surface area contributed by atoms with E-state index in [1.54, 1.807) is 31.2 Å². The zero-order chi connectivity index (χ0) is 18.2. The molecule has 2 aromatic rings. The molecule has 0 bridgehead atoms. The van der Waals surface area contributed by atoms with Crippen molar-refractivity contribution in [1.82, 2.24) is 0 Å². The van der Waals surface area contributed by atoms with Gasteiger partial charge in [-0.1, -0.05) is 30.3 Å². The zero-order valence-corrected chi connectivity index (χ0v) is 14.3. The Hall–Kier alpha value is -2.79. The number of carbonyl (C=O) groups excluding carboxylic acids is 1. The topological polar surface area (TPSA) is 76.0 Å². The molecule has 0 radical (unpaired) electrons. The predicted molar refractivity (Wildman–Crippen MR) is 95.1 cm³/mol. The summed E-state index contributed by atoms with van der Waals surface area (Å²) in [5.74, 6) is -0.284. The van der Waals surface area contributed by atoms with Gasteiger partial charge in [-0.2, -0.15) is 0 Å². The lowest BCUT2D eigenvalue weighted by Gasteiger charge is -2.13. The largest absolute Gasteiger partial charge is 0.507 e. The molecule has 2 aromatic carbocycles. The Labute approximate surface area is 147 Å². The van der Waals surface area contributed by atoms with Crippen LogP contribution < -0.4 is 4.74 Å². The van der Waals surface area contributed by atoms with Crippen LogP contribution in [0.15, 0.2) is 60.2 Å². The van der Waals surface area contributed by atoms with Crippen LogP contribution in [0, 0.1) is 0 Å². The minimum Gasteiger partial charge on any atom is -0.507 e. The monoisotopic (exact) mass is 342 g/mol. The van der Waals surface area contributed by atoms with Crippen LogP contribution in [0.5, 0.6) is 5.75 Å². The van der Waals surface area contributed by atoms with Crippen LogP contribution in [0.4, 0.5) is 0 Å². The molecule has 0 aliphatic carbocycles. The fourth-order valence-corrected chi connectivity index (χ4v) is 2.21. The summed E-state index contributed by atoms with van der Waals surface area (Å²) in [6.07, 6.45) is -1.49. The summed E-state index contributed by atoms with van der Waals surface area (Å²) in [7, 11) is 0. The first-order chi connectivity index (χ1) is 12.0. The van der Waals surface area contributed by atoms with E-state index in [4.69, 9.17) is 9.47 Å². The molecule has 132 valence electrons. The van der Waals surface area contributed by atoms with Gasteiger partial charge in [0.05, 0.1) is 6.61 Å². The molecule has 0 aliphatic rings. The molecule has 5 nitrogen and oxygen atoms in total.